The molecule has 0 saturated heterocycles. The second-order valence-corrected chi connectivity index (χ2v) is 4.36. The molecule has 5 heteroatoms. The van der Waals surface area contributed by atoms with Gasteiger partial charge >= 0.3 is 0 Å². The minimum Gasteiger partial charge on any atom is -0.383 e. The van der Waals surface area contributed by atoms with Gasteiger partial charge in [0.1, 0.15) is 11.9 Å². The highest BCUT2D eigenvalue weighted by Crippen LogP contribution is 2.14. The first kappa shape index (κ1) is 14.5. The molecule has 0 spiro atoms. The molecule has 4 nitrogen and oxygen atoms in total. The topological polar surface area (TPSA) is 64.9 Å². The summed E-state index contributed by atoms with van der Waals surface area (Å²) in [5.74, 6) is -0.754. The van der Waals surface area contributed by atoms with E-state index in [0.717, 1.165) is 0 Å². The number of hydrogen-bond donors (Lipinski definition) is 2. The number of nitrogens with zero attached hydrogens (tertiary/aromatic N) is 1. The summed E-state index contributed by atoms with van der Waals surface area (Å²) >= 11 is 0. The molecule has 0 radical (unpaired) electrons. The monoisotopic (exact) mass is 283 g/mol. The lowest BCUT2D eigenvalue weighted by molar-refractivity contribution is -0.116. The fourth-order valence-corrected chi connectivity index (χ4v) is 1.82. The lowest BCUT2D eigenvalue weighted by atomic mass is 10.2. The minimum absolute atomic E-state index is 0.167. The number of benzene rings is 2. The highest BCUT2D eigenvalue weighted by Gasteiger charge is 2.06. The van der Waals surface area contributed by atoms with Crippen LogP contribution in [0.1, 0.15) is 12.0 Å². The van der Waals surface area contributed by atoms with Gasteiger partial charge in [0.2, 0.25) is 5.91 Å². The van der Waals surface area contributed by atoms with Crippen molar-refractivity contribution in [2.24, 2.45) is 0 Å². The Hall–Kier alpha value is -2.87. The van der Waals surface area contributed by atoms with E-state index in [9.17, 15) is 9.18 Å². The summed E-state index contributed by atoms with van der Waals surface area (Å²) in [5.41, 5.74) is 1.37. The van der Waals surface area contributed by atoms with Crippen LogP contribution in [0.15, 0.2) is 48.5 Å². The van der Waals surface area contributed by atoms with Crippen LogP contribution in [0.25, 0.3) is 0 Å². The summed E-state index contributed by atoms with van der Waals surface area (Å²) in [7, 11) is 0. The Kier molecular flexibility index (Phi) is 4.89. The number of nitrogens with one attached hydrogen (secondary N) is 2. The molecular weight excluding hydrogens is 269 g/mol. The van der Waals surface area contributed by atoms with E-state index in [1.807, 2.05) is 6.07 Å². The van der Waals surface area contributed by atoms with Gasteiger partial charge in [-0.1, -0.05) is 24.3 Å². The fourth-order valence-electron chi connectivity index (χ4n) is 1.82. The van der Waals surface area contributed by atoms with Crippen LogP contribution >= 0.6 is 0 Å². The average Bonchev–Trinajstić information content (AvgIpc) is 2.50. The molecule has 0 aliphatic carbocycles. The molecule has 0 atom stereocenters. The van der Waals surface area contributed by atoms with Crippen molar-refractivity contribution in [2.75, 3.05) is 17.2 Å². The number of amides is 1. The smallest absolute Gasteiger partial charge is 0.226 e. The molecule has 2 N–H and O–H groups in total. The zero-order valence-corrected chi connectivity index (χ0v) is 11.3. The summed E-state index contributed by atoms with van der Waals surface area (Å²) in [6.45, 7) is 0.360. The van der Waals surface area contributed by atoms with E-state index in [1.54, 1.807) is 30.3 Å². The second kappa shape index (κ2) is 7.06. The number of carbonyl (C=O) groups excluding carboxylic acids is 1. The predicted octanol–water partition coefficient (Wildman–Crippen LogP) is 3.14. The first-order valence-electron chi connectivity index (χ1n) is 6.48. The lowest BCUT2D eigenvalue weighted by Gasteiger charge is -2.09. The van der Waals surface area contributed by atoms with Crippen LogP contribution in [0.5, 0.6) is 0 Å². The Morgan fingerprint density at radius 1 is 1.10 bits per heavy atom. The van der Waals surface area contributed by atoms with Crippen molar-refractivity contribution in [3.63, 3.8) is 0 Å². The third kappa shape index (κ3) is 4.05. The Bertz CT molecular complexity index is 679. The molecule has 2 aromatic carbocycles. The maximum absolute atomic E-state index is 13.4. The van der Waals surface area contributed by atoms with E-state index in [0.29, 0.717) is 17.8 Å². The van der Waals surface area contributed by atoms with Crippen LogP contribution in [-0.4, -0.2) is 12.5 Å². The van der Waals surface area contributed by atoms with Crippen LogP contribution < -0.4 is 10.6 Å². The molecule has 21 heavy (non-hydrogen) atoms. The van der Waals surface area contributed by atoms with Gasteiger partial charge in [0.25, 0.3) is 0 Å². The number of nitriles is 1. The van der Waals surface area contributed by atoms with Gasteiger partial charge in [0.05, 0.1) is 16.9 Å². The Labute approximate surface area is 122 Å². The van der Waals surface area contributed by atoms with Gasteiger partial charge in [-0.15, -0.1) is 0 Å². The predicted molar refractivity (Wildman–Crippen MR) is 79.3 cm³/mol. The number of halogens is 1. The largest absolute Gasteiger partial charge is 0.383 e. The maximum atomic E-state index is 13.4. The number of para-hydroxylation sites is 2. The first-order valence-corrected chi connectivity index (χ1v) is 6.48. The van der Waals surface area contributed by atoms with Gasteiger partial charge in [0, 0.05) is 13.0 Å². The van der Waals surface area contributed by atoms with Gasteiger partial charge in [-0.05, 0) is 24.3 Å². The van der Waals surface area contributed by atoms with Crippen molar-refractivity contribution >= 4 is 17.3 Å². The molecule has 0 aliphatic heterocycles. The minimum atomic E-state index is -0.464. The normalized spacial score (nSPS) is 9.71. The average molecular weight is 283 g/mol. The zero-order valence-electron chi connectivity index (χ0n) is 11.3. The van der Waals surface area contributed by atoms with Crippen molar-refractivity contribution in [2.45, 2.75) is 6.42 Å². The van der Waals surface area contributed by atoms with E-state index < -0.39 is 5.82 Å². The molecule has 0 unspecified atom stereocenters. The number of hydrogen-bond acceptors (Lipinski definition) is 3. The SMILES string of the molecule is N#Cc1ccccc1NCCC(=O)Nc1ccccc1F. The molecule has 0 aromatic heterocycles. The highest BCUT2D eigenvalue weighted by atomic mass is 19.1. The highest BCUT2D eigenvalue weighted by molar-refractivity contribution is 5.91. The maximum Gasteiger partial charge on any atom is 0.226 e. The molecule has 0 saturated carbocycles. The summed E-state index contributed by atoms with van der Waals surface area (Å²) in [6, 6.07) is 15.1. The van der Waals surface area contributed by atoms with Gasteiger partial charge in [-0.25, -0.2) is 4.39 Å². The van der Waals surface area contributed by atoms with Crippen molar-refractivity contribution < 1.29 is 9.18 Å². The van der Waals surface area contributed by atoms with Crippen LogP contribution in [-0.2, 0) is 4.79 Å². The third-order valence-electron chi connectivity index (χ3n) is 2.86. The van der Waals surface area contributed by atoms with Gasteiger partial charge in [-0.3, -0.25) is 4.79 Å². The standard InChI is InChI=1S/C16H14FN3O/c17-13-6-2-4-8-15(13)20-16(21)9-10-19-14-7-3-1-5-12(14)11-18/h1-8,19H,9-10H2,(H,20,21). The lowest BCUT2D eigenvalue weighted by Crippen LogP contribution is -2.17. The molecule has 1 amide bonds. The summed E-state index contributed by atoms with van der Waals surface area (Å²) in [4.78, 5) is 11.7. The Morgan fingerprint density at radius 2 is 1.76 bits per heavy atom. The quantitative estimate of drug-likeness (QED) is 0.886. The van der Waals surface area contributed by atoms with Gasteiger partial charge in [0.15, 0.2) is 0 Å². The molecule has 0 fully saturated rings. The number of carbonyl (C=O) groups is 1. The van der Waals surface area contributed by atoms with Crippen molar-refractivity contribution in [1.29, 1.82) is 5.26 Å². The Morgan fingerprint density at radius 3 is 2.48 bits per heavy atom. The Balaban J connectivity index is 1.85. The van der Waals surface area contributed by atoms with E-state index in [4.69, 9.17) is 5.26 Å². The molecular formula is C16H14FN3O. The molecule has 106 valence electrons. The van der Waals surface area contributed by atoms with E-state index in [2.05, 4.69) is 16.7 Å². The summed E-state index contributed by atoms with van der Waals surface area (Å²) in [5, 5.41) is 14.5. The second-order valence-electron chi connectivity index (χ2n) is 4.36. The summed E-state index contributed by atoms with van der Waals surface area (Å²) < 4.78 is 13.4. The number of anilines is 2. The molecule has 0 aliphatic rings. The van der Waals surface area contributed by atoms with E-state index in [1.165, 1.54) is 12.1 Å². The van der Waals surface area contributed by atoms with Crippen LogP contribution in [0, 0.1) is 17.1 Å². The third-order valence-corrected chi connectivity index (χ3v) is 2.86. The number of rotatable bonds is 5. The zero-order chi connectivity index (χ0) is 15.1. The summed E-state index contributed by atoms with van der Waals surface area (Å²) in [6.07, 6.45) is 0.175. The molecule has 0 bridgehead atoms. The van der Waals surface area contributed by atoms with Crippen molar-refractivity contribution in [3.8, 4) is 6.07 Å². The van der Waals surface area contributed by atoms with E-state index >= 15 is 0 Å². The molecule has 2 rings (SSSR count). The molecule has 0 heterocycles. The van der Waals surface area contributed by atoms with Crippen molar-refractivity contribution in [1.82, 2.24) is 0 Å². The van der Waals surface area contributed by atoms with Crippen molar-refractivity contribution in [3.05, 3.63) is 59.9 Å². The van der Waals surface area contributed by atoms with Gasteiger partial charge in [-0.2, -0.15) is 5.26 Å². The van der Waals surface area contributed by atoms with Crippen LogP contribution in [0.3, 0.4) is 0 Å². The van der Waals surface area contributed by atoms with Crippen LogP contribution in [0.2, 0.25) is 0 Å². The van der Waals surface area contributed by atoms with Crippen LogP contribution in [0.4, 0.5) is 15.8 Å². The van der Waals surface area contributed by atoms with Gasteiger partial charge < -0.3 is 10.6 Å². The fraction of sp³-hybridized carbons (Fsp3) is 0.125. The van der Waals surface area contributed by atoms with E-state index in [-0.39, 0.29) is 18.0 Å². The molecule has 2 aromatic rings. The first-order chi connectivity index (χ1) is 10.2.